The van der Waals surface area contributed by atoms with E-state index in [0.717, 1.165) is 19.3 Å². The summed E-state index contributed by atoms with van der Waals surface area (Å²) in [4.78, 5) is 2.64. The molecule has 0 radical (unpaired) electrons. The second kappa shape index (κ2) is 5.69. The van der Waals surface area contributed by atoms with E-state index in [2.05, 4.69) is 24.5 Å². The standard InChI is InChI=1S/C12H20N2O2S2/c1-2-10-3-4-11(17-10)7-12(14-13)9-5-6-18(15,16)8-9/h3-4,9,12,14H,2,5-8,13H2,1H3. The van der Waals surface area contributed by atoms with Crippen LogP contribution in [0.3, 0.4) is 0 Å². The summed E-state index contributed by atoms with van der Waals surface area (Å²) in [5.41, 5.74) is 2.80. The van der Waals surface area contributed by atoms with E-state index < -0.39 is 9.84 Å². The molecule has 2 rings (SSSR count). The van der Waals surface area contributed by atoms with Crippen LogP contribution in [-0.4, -0.2) is 26.0 Å². The largest absolute Gasteiger partial charge is 0.271 e. The first-order valence-electron chi connectivity index (χ1n) is 6.28. The molecule has 4 nitrogen and oxygen atoms in total. The molecule has 0 aromatic carbocycles. The summed E-state index contributed by atoms with van der Waals surface area (Å²) in [7, 11) is -2.83. The Labute approximate surface area is 112 Å². The van der Waals surface area contributed by atoms with Gasteiger partial charge >= 0.3 is 0 Å². The Morgan fingerprint density at radius 2 is 2.22 bits per heavy atom. The van der Waals surface area contributed by atoms with Gasteiger partial charge in [0, 0.05) is 15.8 Å². The van der Waals surface area contributed by atoms with Crippen LogP contribution >= 0.6 is 11.3 Å². The maximum Gasteiger partial charge on any atom is 0.150 e. The van der Waals surface area contributed by atoms with E-state index in [1.54, 1.807) is 11.3 Å². The van der Waals surface area contributed by atoms with Crippen LogP contribution in [0.2, 0.25) is 0 Å². The third kappa shape index (κ3) is 3.32. The third-order valence-electron chi connectivity index (χ3n) is 3.54. The van der Waals surface area contributed by atoms with Crippen molar-refractivity contribution in [2.24, 2.45) is 11.8 Å². The van der Waals surface area contributed by atoms with Crippen molar-refractivity contribution >= 4 is 21.2 Å². The molecule has 2 heterocycles. The molecular formula is C12H20N2O2S2. The van der Waals surface area contributed by atoms with E-state index in [1.807, 2.05) is 0 Å². The molecule has 1 aromatic rings. The smallest absolute Gasteiger partial charge is 0.150 e. The van der Waals surface area contributed by atoms with Crippen molar-refractivity contribution in [1.29, 1.82) is 0 Å². The molecule has 0 spiro atoms. The number of hydrazine groups is 1. The number of sulfone groups is 1. The minimum absolute atomic E-state index is 0.0608. The van der Waals surface area contributed by atoms with Crippen molar-refractivity contribution in [2.75, 3.05) is 11.5 Å². The second-order valence-corrected chi connectivity index (χ2v) is 8.34. The summed E-state index contributed by atoms with van der Waals surface area (Å²) >= 11 is 1.79. The topological polar surface area (TPSA) is 72.2 Å². The van der Waals surface area contributed by atoms with Gasteiger partial charge in [0.05, 0.1) is 11.5 Å². The van der Waals surface area contributed by atoms with Gasteiger partial charge in [-0.15, -0.1) is 11.3 Å². The second-order valence-electron chi connectivity index (χ2n) is 4.86. The van der Waals surface area contributed by atoms with Crippen LogP contribution in [0.5, 0.6) is 0 Å². The van der Waals surface area contributed by atoms with Gasteiger partial charge in [-0.1, -0.05) is 6.92 Å². The average molecular weight is 288 g/mol. The van der Waals surface area contributed by atoms with Crippen molar-refractivity contribution in [3.8, 4) is 0 Å². The minimum atomic E-state index is -2.83. The highest BCUT2D eigenvalue weighted by Gasteiger charge is 2.33. The number of thiophene rings is 1. The number of rotatable bonds is 5. The van der Waals surface area contributed by atoms with E-state index >= 15 is 0 Å². The van der Waals surface area contributed by atoms with Gasteiger partial charge < -0.3 is 0 Å². The molecule has 3 N–H and O–H groups in total. The Kier molecular flexibility index (Phi) is 4.42. The summed E-state index contributed by atoms with van der Waals surface area (Å²) in [6, 6.07) is 4.32. The third-order valence-corrected chi connectivity index (χ3v) is 6.58. The first-order valence-corrected chi connectivity index (χ1v) is 8.92. The summed E-state index contributed by atoms with van der Waals surface area (Å²) in [5.74, 6) is 6.31. The molecule has 0 aliphatic carbocycles. The van der Waals surface area contributed by atoms with Crippen molar-refractivity contribution in [2.45, 2.75) is 32.2 Å². The van der Waals surface area contributed by atoms with Crippen LogP contribution in [0.1, 0.15) is 23.1 Å². The molecule has 2 unspecified atom stereocenters. The van der Waals surface area contributed by atoms with Gasteiger partial charge in [0.1, 0.15) is 0 Å². The quantitative estimate of drug-likeness (QED) is 0.629. The molecule has 6 heteroatoms. The Morgan fingerprint density at radius 1 is 1.50 bits per heavy atom. The maximum atomic E-state index is 11.5. The maximum absolute atomic E-state index is 11.5. The fourth-order valence-electron chi connectivity index (χ4n) is 2.44. The van der Waals surface area contributed by atoms with Crippen molar-refractivity contribution in [3.05, 3.63) is 21.9 Å². The molecule has 1 saturated heterocycles. The van der Waals surface area contributed by atoms with Crippen LogP contribution in [0.15, 0.2) is 12.1 Å². The fourth-order valence-corrected chi connectivity index (χ4v) is 5.34. The van der Waals surface area contributed by atoms with Crippen molar-refractivity contribution in [3.63, 3.8) is 0 Å². The molecule has 0 amide bonds. The van der Waals surface area contributed by atoms with Gasteiger partial charge in [-0.3, -0.25) is 11.3 Å². The summed E-state index contributed by atoms with van der Waals surface area (Å²) in [5, 5.41) is 0. The fraction of sp³-hybridized carbons (Fsp3) is 0.667. The molecule has 18 heavy (non-hydrogen) atoms. The molecule has 0 bridgehead atoms. The van der Waals surface area contributed by atoms with E-state index in [-0.39, 0.29) is 17.7 Å². The molecule has 1 aromatic heterocycles. The first kappa shape index (κ1) is 14.0. The lowest BCUT2D eigenvalue weighted by Gasteiger charge is -2.20. The van der Waals surface area contributed by atoms with Crippen molar-refractivity contribution < 1.29 is 8.42 Å². The SMILES string of the molecule is CCc1ccc(CC(NN)C2CCS(=O)(=O)C2)s1. The Bertz CT molecular complexity index is 496. The predicted molar refractivity (Wildman–Crippen MR) is 75.3 cm³/mol. The van der Waals surface area contributed by atoms with Gasteiger partial charge in [0.15, 0.2) is 9.84 Å². The highest BCUT2D eigenvalue weighted by atomic mass is 32.2. The minimum Gasteiger partial charge on any atom is -0.271 e. The summed E-state index contributed by atoms with van der Waals surface area (Å²) in [6.07, 6.45) is 2.59. The van der Waals surface area contributed by atoms with Crippen LogP contribution in [-0.2, 0) is 22.7 Å². The summed E-state index contributed by atoms with van der Waals surface area (Å²) in [6.45, 7) is 2.14. The Hall–Kier alpha value is -0.430. The van der Waals surface area contributed by atoms with Gasteiger partial charge in [0.25, 0.3) is 0 Å². The lowest BCUT2D eigenvalue weighted by atomic mass is 9.96. The first-order chi connectivity index (χ1) is 8.54. The number of hydrogen-bond acceptors (Lipinski definition) is 5. The van der Waals surface area contributed by atoms with Crippen molar-refractivity contribution in [1.82, 2.24) is 5.43 Å². The lowest BCUT2D eigenvalue weighted by Crippen LogP contribution is -2.42. The zero-order valence-corrected chi connectivity index (χ0v) is 12.2. The van der Waals surface area contributed by atoms with E-state index in [9.17, 15) is 8.42 Å². The molecule has 1 aliphatic rings. The van der Waals surface area contributed by atoms with Gasteiger partial charge in [-0.25, -0.2) is 8.42 Å². The number of nitrogens with two attached hydrogens (primary N) is 1. The molecule has 1 fully saturated rings. The predicted octanol–water partition coefficient (Wildman–Crippen LogP) is 1.12. The van der Waals surface area contributed by atoms with Gasteiger partial charge in [-0.2, -0.15) is 0 Å². The van der Waals surface area contributed by atoms with Crippen LogP contribution in [0, 0.1) is 5.92 Å². The monoisotopic (exact) mass is 288 g/mol. The van der Waals surface area contributed by atoms with E-state index in [1.165, 1.54) is 9.75 Å². The van der Waals surface area contributed by atoms with Crippen LogP contribution in [0.25, 0.3) is 0 Å². The zero-order chi connectivity index (χ0) is 13.2. The number of hydrogen-bond donors (Lipinski definition) is 2. The highest BCUT2D eigenvalue weighted by Crippen LogP contribution is 2.26. The lowest BCUT2D eigenvalue weighted by molar-refractivity contribution is 0.387. The molecule has 2 atom stereocenters. The average Bonchev–Trinajstić information content (AvgIpc) is 2.92. The Balaban J connectivity index is 2.01. The molecule has 0 saturated carbocycles. The van der Waals surface area contributed by atoms with E-state index in [0.29, 0.717) is 5.75 Å². The molecular weight excluding hydrogens is 268 g/mol. The van der Waals surface area contributed by atoms with Gasteiger partial charge in [0.2, 0.25) is 0 Å². The van der Waals surface area contributed by atoms with Gasteiger partial charge in [-0.05, 0) is 37.3 Å². The number of nitrogens with one attached hydrogen (secondary N) is 1. The highest BCUT2D eigenvalue weighted by molar-refractivity contribution is 7.91. The number of aryl methyl sites for hydroxylation is 1. The zero-order valence-electron chi connectivity index (χ0n) is 10.6. The molecule has 1 aliphatic heterocycles. The van der Waals surface area contributed by atoms with Crippen LogP contribution in [0.4, 0.5) is 0 Å². The summed E-state index contributed by atoms with van der Waals surface area (Å²) < 4.78 is 23.0. The Morgan fingerprint density at radius 3 is 2.72 bits per heavy atom. The van der Waals surface area contributed by atoms with E-state index in [4.69, 9.17) is 5.84 Å². The normalized spacial score (nSPS) is 24.2. The molecule has 102 valence electrons. The van der Waals surface area contributed by atoms with Crippen LogP contribution < -0.4 is 11.3 Å².